The Balaban J connectivity index is 2.53. The minimum atomic E-state index is -3.92. The topological polar surface area (TPSA) is 96.4 Å². The van der Waals surface area contributed by atoms with Crippen molar-refractivity contribution in [3.63, 3.8) is 0 Å². The Kier molecular flexibility index (Phi) is 4.18. The third-order valence-electron chi connectivity index (χ3n) is 3.14. The number of aromatic carboxylic acids is 1. The summed E-state index contributed by atoms with van der Waals surface area (Å²) in [7, 11) is -3.92. The van der Waals surface area contributed by atoms with Gasteiger partial charge in [-0.05, 0) is 44.0 Å². The highest BCUT2D eigenvalue weighted by atomic mass is 32.2. The summed E-state index contributed by atoms with van der Waals surface area (Å²) in [6.45, 7) is 5.28. The van der Waals surface area contributed by atoms with Crippen molar-refractivity contribution in [2.24, 2.45) is 0 Å². The highest BCUT2D eigenvalue weighted by Gasteiger charge is 2.23. The van der Waals surface area contributed by atoms with Gasteiger partial charge in [-0.2, -0.15) is 0 Å². The van der Waals surface area contributed by atoms with E-state index in [0.29, 0.717) is 11.1 Å². The van der Waals surface area contributed by atoms with Crippen LogP contribution in [0.5, 0.6) is 0 Å². The molecule has 1 aromatic carbocycles. The van der Waals surface area contributed by atoms with E-state index in [0.717, 1.165) is 5.56 Å². The minimum absolute atomic E-state index is 0.139. The summed E-state index contributed by atoms with van der Waals surface area (Å²) in [6.07, 6.45) is 1.33. The number of sulfonamides is 1. The fourth-order valence-corrected chi connectivity index (χ4v) is 3.91. The molecule has 0 bridgehead atoms. The third-order valence-corrected chi connectivity index (χ3v) is 4.79. The van der Waals surface area contributed by atoms with Crippen LogP contribution in [0.4, 0.5) is 5.82 Å². The average Bonchev–Trinajstić information content (AvgIpc) is 2.36. The van der Waals surface area contributed by atoms with Crippen LogP contribution in [0, 0.1) is 20.8 Å². The van der Waals surface area contributed by atoms with E-state index >= 15 is 0 Å². The summed E-state index contributed by atoms with van der Waals surface area (Å²) in [5.74, 6) is -1.45. The molecule has 0 aliphatic heterocycles. The normalized spacial score (nSPS) is 11.2. The van der Waals surface area contributed by atoms with Gasteiger partial charge in [-0.15, -0.1) is 0 Å². The molecule has 0 spiro atoms. The van der Waals surface area contributed by atoms with Gasteiger partial charge in [0.2, 0.25) is 0 Å². The van der Waals surface area contributed by atoms with E-state index in [2.05, 4.69) is 9.71 Å². The van der Waals surface area contributed by atoms with E-state index in [1.165, 1.54) is 18.3 Å². The fourth-order valence-electron chi connectivity index (χ4n) is 2.43. The molecule has 7 heteroatoms. The Bertz CT molecular complexity index is 821. The fraction of sp³-hybridized carbons (Fsp3) is 0.200. The first-order valence-corrected chi connectivity index (χ1v) is 7.99. The van der Waals surface area contributed by atoms with Gasteiger partial charge in [-0.25, -0.2) is 18.2 Å². The molecule has 6 nitrogen and oxygen atoms in total. The molecule has 0 saturated carbocycles. The van der Waals surface area contributed by atoms with Crippen LogP contribution in [0.15, 0.2) is 35.4 Å². The first kappa shape index (κ1) is 16.0. The zero-order chi connectivity index (χ0) is 16.5. The molecular formula is C15H16N2O4S. The Hall–Kier alpha value is -2.41. The molecular weight excluding hydrogens is 304 g/mol. The lowest BCUT2D eigenvalue weighted by atomic mass is 10.1. The molecule has 116 valence electrons. The second kappa shape index (κ2) is 5.76. The van der Waals surface area contributed by atoms with Crippen LogP contribution in [0.25, 0.3) is 0 Å². The number of carbonyl (C=O) groups is 1. The highest BCUT2D eigenvalue weighted by Crippen LogP contribution is 2.24. The molecule has 0 fully saturated rings. The van der Waals surface area contributed by atoms with Crippen LogP contribution in [0.3, 0.4) is 0 Å². The van der Waals surface area contributed by atoms with Crippen LogP contribution in [-0.4, -0.2) is 24.5 Å². The van der Waals surface area contributed by atoms with Crippen molar-refractivity contribution >= 4 is 21.8 Å². The Morgan fingerprint density at radius 1 is 1.18 bits per heavy atom. The van der Waals surface area contributed by atoms with Crippen molar-refractivity contribution in [2.45, 2.75) is 25.7 Å². The Labute approximate surface area is 128 Å². The van der Waals surface area contributed by atoms with Crippen LogP contribution in [0.1, 0.15) is 27.0 Å². The molecule has 0 aliphatic rings. The summed E-state index contributed by atoms with van der Waals surface area (Å²) in [6, 6.07) is 6.25. The van der Waals surface area contributed by atoms with E-state index in [1.54, 1.807) is 26.0 Å². The number of carboxylic acid groups (broad SMARTS) is 1. The molecule has 1 heterocycles. The lowest BCUT2D eigenvalue weighted by molar-refractivity contribution is 0.0697. The van der Waals surface area contributed by atoms with Crippen molar-refractivity contribution in [1.82, 2.24) is 4.98 Å². The second-order valence-corrected chi connectivity index (χ2v) is 6.66. The second-order valence-electron chi connectivity index (χ2n) is 5.04. The summed E-state index contributed by atoms with van der Waals surface area (Å²) >= 11 is 0. The van der Waals surface area contributed by atoms with Crippen molar-refractivity contribution in [3.05, 3.63) is 52.7 Å². The number of benzene rings is 1. The smallest absolute Gasteiger partial charge is 0.339 e. The molecule has 2 rings (SSSR count). The molecule has 2 aromatic rings. The van der Waals surface area contributed by atoms with Crippen molar-refractivity contribution in [1.29, 1.82) is 0 Å². The first-order chi connectivity index (χ1) is 10.2. The summed E-state index contributed by atoms with van der Waals surface area (Å²) in [4.78, 5) is 15.1. The molecule has 0 unspecified atom stereocenters. The predicted molar refractivity (Wildman–Crippen MR) is 82.7 cm³/mol. The number of nitrogens with zero attached hydrogens (tertiary/aromatic N) is 1. The van der Waals surface area contributed by atoms with Crippen LogP contribution in [-0.2, 0) is 10.0 Å². The zero-order valence-corrected chi connectivity index (χ0v) is 13.2. The van der Waals surface area contributed by atoms with Gasteiger partial charge in [-0.3, -0.25) is 4.72 Å². The quantitative estimate of drug-likeness (QED) is 0.902. The summed E-state index contributed by atoms with van der Waals surface area (Å²) < 4.78 is 27.4. The van der Waals surface area contributed by atoms with Crippen molar-refractivity contribution < 1.29 is 18.3 Å². The molecule has 2 N–H and O–H groups in total. The van der Waals surface area contributed by atoms with Crippen molar-refractivity contribution in [3.8, 4) is 0 Å². The van der Waals surface area contributed by atoms with Crippen molar-refractivity contribution in [2.75, 3.05) is 4.72 Å². The highest BCUT2D eigenvalue weighted by molar-refractivity contribution is 7.92. The van der Waals surface area contributed by atoms with Gasteiger partial charge in [0.05, 0.1) is 4.90 Å². The number of aryl methyl sites for hydroxylation is 3. The summed E-state index contributed by atoms with van der Waals surface area (Å²) in [5, 5.41) is 9.10. The van der Waals surface area contributed by atoms with Crippen LogP contribution < -0.4 is 4.72 Å². The maximum Gasteiger partial charge on any atom is 0.339 e. The molecule has 1 aromatic heterocycles. The van der Waals surface area contributed by atoms with Gasteiger partial charge in [0, 0.05) is 6.20 Å². The number of carboxylic acids is 1. The maximum atomic E-state index is 12.6. The average molecular weight is 320 g/mol. The number of hydrogen-bond donors (Lipinski definition) is 2. The lowest BCUT2D eigenvalue weighted by Crippen LogP contribution is -2.18. The monoisotopic (exact) mass is 320 g/mol. The third kappa shape index (κ3) is 3.09. The number of pyridine rings is 1. The number of rotatable bonds is 4. The molecule has 0 saturated heterocycles. The number of anilines is 1. The van der Waals surface area contributed by atoms with E-state index in [9.17, 15) is 13.2 Å². The number of hydrogen-bond acceptors (Lipinski definition) is 4. The first-order valence-electron chi connectivity index (χ1n) is 6.51. The Morgan fingerprint density at radius 2 is 1.77 bits per heavy atom. The van der Waals surface area contributed by atoms with E-state index in [4.69, 9.17) is 5.11 Å². The number of nitrogens with one attached hydrogen (secondary N) is 1. The lowest BCUT2D eigenvalue weighted by Gasteiger charge is -2.14. The zero-order valence-electron chi connectivity index (χ0n) is 12.4. The van der Waals surface area contributed by atoms with Gasteiger partial charge >= 0.3 is 5.97 Å². The Morgan fingerprint density at radius 3 is 2.32 bits per heavy atom. The van der Waals surface area contributed by atoms with E-state index < -0.39 is 16.0 Å². The van der Waals surface area contributed by atoms with E-state index in [-0.39, 0.29) is 16.3 Å². The van der Waals surface area contributed by atoms with Gasteiger partial charge < -0.3 is 5.11 Å². The van der Waals surface area contributed by atoms with Gasteiger partial charge in [0.15, 0.2) is 5.82 Å². The SMILES string of the molecule is Cc1cc(C)c(S(=O)(=O)Nc2ncccc2C(=O)O)c(C)c1. The van der Waals surface area contributed by atoms with Gasteiger partial charge in [0.1, 0.15) is 5.56 Å². The standard InChI is InChI=1S/C15H16N2O4S/c1-9-7-10(2)13(11(3)8-9)22(20,21)17-14-12(15(18)19)5-4-6-16-14/h4-8H,1-3H3,(H,16,17)(H,18,19). The number of aromatic nitrogens is 1. The molecule has 22 heavy (non-hydrogen) atoms. The summed E-state index contributed by atoms with van der Waals surface area (Å²) in [5.41, 5.74) is 1.95. The largest absolute Gasteiger partial charge is 0.478 e. The molecule has 0 atom stereocenters. The molecule has 0 amide bonds. The maximum absolute atomic E-state index is 12.6. The van der Waals surface area contributed by atoms with Crippen LogP contribution in [0.2, 0.25) is 0 Å². The van der Waals surface area contributed by atoms with E-state index in [1.807, 2.05) is 6.92 Å². The van der Waals surface area contributed by atoms with Crippen LogP contribution >= 0.6 is 0 Å². The minimum Gasteiger partial charge on any atom is -0.478 e. The molecule has 0 radical (unpaired) electrons. The van der Waals surface area contributed by atoms with Gasteiger partial charge in [-0.1, -0.05) is 17.7 Å². The van der Waals surface area contributed by atoms with Gasteiger partial charge in [0.25, 0.3) is 10.0 Å². The predicted octanol–water partition coefficient (Wildman–Crippen LogP) is 2.51. The molecule has 0 aliphatic carbocycles.